The zero-order valence-corrected chi connectivity index (χ0v) is 11.9. The summed E-state index contributed by atoms with van der Waals surface area (Å²) in [4.78, 5) is 9.91. The monoisotopic (exact) mass is 302 g/mol. The molecule has 0 amide bonds. The molecule has 1 aliphatic heterocycles. The number of anilines is 1. The van der Waals surface area contributed by atoms with Gasteiger partial charge < -0.3 is 15.1 Å². The second-order valence-electron chi connectivity index (χ2n) is 4.96. The largest absolute Gasteiger partial charge is 0.388 e. The van der Waals surface area contributed by atoms with Crippen LogP contribution in [0.25, 0.3) is 0 Å². The summed E-state index contributed by atoms with van der Waals surface area (Å²) in [5, 5.41) is 20.4. The second-order valence-corrected chi connectivity index (χ2v) is 6.79. The summed E-state index contributed by atoms with van der Waals surface area (Å²) in [6.45, 7) is 0.367. The van der Waals surface area contributed by atoms with E-state index in [1.54, 1.807) is 23.4 Å². The molecule has 20 heavy (non-hydrogen) atoms. The lowest BCUT2D eigenvalue weighted by atomic mass is 9.89. The van der Waals surface area contributed by atoms with Crippen molar-refractivity contribution >= 4 is 16.0 Å². The van der Waals surface area contributed by atoms with E-state index in [0.29, 0.717) is 12.5 Å². The maximum atomic E-state index is 11.1. The van der Waals surface area contributed by atoms with Crippen LogP contribution in [0.5, 0.6) is 0 Å². The number of piperidine rings is 1. The van der Waals surface area contributed by atoms with Crippen molar-refractivity contribution in [1.29, 1.82) is 0 Å². The van der Waals surface area contributed by atoms with Crippen LogP contribution < -0.4 is 9.62 Å². The molecular formula is C11H18N4O4S. The summed E-state index contributed by atoms with van der Waals surface area (Å²) >= 11 is 0. The third-order valence-electron chi connectivity index (χ3n) is 3.30. The highest BCUT2D eigenvalue weighted by Crippen LogP contribution is 2.24. The number of nitrogens with zero attached hydrogens (tertiary/aromatic N) is 3. The highest BCUT2D eigenvalue weighted by atomic mass is 32.2. The molecule has 112 valence electrons. The number of sulfonamides is 1. The summed E-state index contributed by atoms with van der Waals surface area (Å²) in [6.07, 6.45) is 3.33. The van der Waals surface area contributed by atoms with Gasteiger partial charge in [0.05, 0.1) is 6.26 Å². The molecule has 1 aromatic heterocycles. The molecule has 0 unspecified atom stereocenters. The van der Waals surface area contributed by atoms with Gasteiger partial charge in [-0.05, 0) is 12.5 Å². The van der Waals surface area contributed by atoms with Gasteiger partial charge in [0.15, 0.2) is 0 Å². The maximum absolute atomic E-state index is 11.1. The molecule has 0 saturated carbocycles. The molecular weight excluding hydrogens is 284 g/mol. The lowest BCUT2D eigenvalue weighted by Crippen LogP contribution is -2.60. The molecule has 1 aromatic rings. The lowest BCUT2D eigenvalue weighted by molar-refractivity contribution is -0.0810. The van der Waals surface area contributed by atoms with Crippen molar-refractivity contribution in [2.24, 2.45) is 0 Å². The van der Waals surface area contributed by atoms with Crippen molar-refractivity contribution < 1.29 is 18.6 Å². The first kappa shape index (κ1) is 15.1. The summed E-state index contributed by atoms with van der Waals surface area (Å²) in [5.41, 5.74) is -1.48. The van der Waals surface area contributed by atoms with E-state index in [4.69, 9.17) is 0 Å². The van der Waals surface area contributed by atoms with Crippen LogP contribution >= 0.6 is 0 Å². The van der Waals surface area contributed by atoms with Gasteiger partial charge in [-0.25, -0.2) is 23.1 Å². The maximum Gasteiger partial charge on any atom is 0.225 e. The van der Waals surface area contributed by atoms with Crippen LogP contribution in [0.1, 0.15) is 6.42 Å². The molecule has 2 rings (SSSR count). The topological polar surface area (TPSA) is 116 Å². The van der Waals surface area contributed by atoms with Gasteiger partial charge in [-0.1, -0.05) is 0 Å². The molecule has 0 spiro atoms. The Kier molecular flexibility index (Phi) is 4.23. The normalized spacial score (nSPS) is 27.6. The van der Waals surface area contributed by atoms with E-state index < -0.39 is 21.7 Å². The van der Waals surface area contributed by atoms with E-state index in [9.17, 15) is 18.6 Å². The van der Waals surface area contributed by atoms with Crippen LogP contribution in [0.4, 0.5) is 5.95 Å². The van der Waals surface area contributed by atoms with E-state index in [1.807, 2.05) is 0 Å². The van der Waals surface area contributed by atoms with Crippen molar-refractivity contribution in [1.82, 2.24) is 14.7 Å². The standard InChI is InChI=1S/C11H18N4O4S/c1-20(18,19)14-8-11(17)3-6-15(7-9(11)16)10-12-4-2-5-13-10/h2,4-5,9,14,16-17H,3,6-8H2,1H3/t9-,11-/m1/s1. The van der Waals surface area contributed by atoms with Crippen molar-refractivity contribution in [2.45, 2.75) is 18.1 Å². The third-order valence-corrected chi connectivity index (χ3v) is 3.97. The second kappa shape index (κ2) is 5.60. The average Bonchev–Trinajstić information content (AvgIpc) is 2.40. The van der Waals surface area contributed by atoms with Crippen LogP contribution in [0.3, 0.4) is 0 Å². The van der Waals surface area contributed by atoms with Gasteiger partial charge in [0.25, 0.3) is 0 Å². The molecule has 0 aliphatic carbocycles. The first-order chi connectivity index (χ1) is 9.30. The Morgan fingerprint density at radius 2 is 2.15 bits per heavy atom. The van der Waals surface area contributed by atoms with E-state index >= 15 is 0 Å². The van der Waals surface area contributed by atoms with Gasteiger partial charge in [-0.15, -0.1) is 0 Å². The Balaban J connectivity index is 2.02. The number of aliphatic hydroxyl groups is 2. The van der Waals surface area contributed by atoms with Gasteiger partial charge in [-0.3, -0.25) is 0 Å². The van der Waals surface area contributed by atoms with Crippen molar-refractivity contribution in [3.8, 4) is 0 Å². The summed E-state index contributed by atoms with van der Waals surface area (Å²) in [5.74, 6) is 0.477. The summed E-state index contributed by atoms with van der Waals surface area (Å²) in [6, 6.07) is 1.69. The van der Waals surface area contributed by atoms with Gasteiger partial charge in [-0.2, -0.15) is 0 Å². The highest BCUT2D eigenvalue weighted by Gasteiger charge is 2.41. The van der Waals surface area contributed by atoms with E-state index in [-0.39, 0.29) is 19.5 Å². The van der Waals surface area contributed by atoms with Crippen molar-refractivity contribution in [2.75, 3.05) is 30.8 Å². The molecule has 1 aliphatic rings. The fraction of sp³-hybridized carbons (Fsp3) is 0.636. The minimum Gasteiger partial charge on any atom is -0.388 e. The van der Waals surface area contributed by atoms with Crippen LogP contribution in [0.2, 0.25) is 0 Å². The fourth-order valence-electron chi connectivity index (χ4n) is 2.06. The molecule has 2 atom stereocenters. The Bertz CT molecular complexity index is 553. The predicted molar refractivity (Wildman–Crippen MR) is 72.7 cm³/mol. The van der Waals surface area contributed by atoms with Gasteiger partial charge in [0, 0.05) is 32.0 Å². The molecule has 0 bridgehead atoms. The lowest BCUT2D eigenvalue weighted by Gasteiger charge is -2.41. The fourth-order valence-corrected chi connectivity index (χ4v) is 2.58. The van der Waals surface area contributed by atoms with Crippen LogP contribution in [0.15, 0.2) is 18.5 Å². The third kappa shape index (κ3) is 3.63. The summed E-state index contributed by atoms with van der Waals surface area (Å²) < 4.78 is 24.4. The molecule has 3 N–H and O–H groups in total. The van der Waals surface area contributed by atoms with E-state index in [2.05, 4.69) is 14.7 Å². The number of hydrogen-bond acceptors (Lipinski definition) is 7. The Morgan fingerprint density at radius 3 is 2.70 bits per heavy atom. The van der Waals surface area contributed by atoms with Crippen LogP contribution in [0, 0.1) is 0 Å². The minimum absolute atomic E-state index is 0.145. The number of rotatable bonds is 4. The SMILES string of the molecule is CS(=O)(=O)NC[C@]1(O)CCN(c2ncccn2)C[C@H]1O. The molecule has 0 aromatic carbocycles. The molecule has 1 saturated heterocycles. The first-order valence-electron chi connectivity index (χ1n) is 6.17. The molecule has 0 radical (unpaired) electrons. The minimum atomic E-state index is -3.41. The van der Waals surface area contributed by atoms with Crippen molar-refractivity contribution in [3.63, 3.8) is 0 Å². The molecule has 1 fully saturated rings. The van der Waals surface area contributed by atoms with Crippen LogP contribution in [-0.4, -0.2) is 66.2 Å². The zero-order valence-electron chi connectivity index (χ0n) is 11.1. The van der Waals surface area contributed by atoms with Crippen molar-refractivity contribution in [3.05, 3.63) is 18.5 Å². The molecule has 8 nitrogen and oxygen atoms in total. The molecule has 2 heterocycles. The number of β-amino-alcohol motifs (C(OH)–C–C–N with tert-alkyl or cyclic N) is 1. The summed E-state index contributed by atoms with van der Waals surface area (Å²) in [7, 11) is -3.41. The van der Waals surface area contributed by atoms with E-state index in [0.717, 1.165) is 6.26 Å². The highest BCUT2D eigenvalue weighted by molar-refractivity contribution is 7.88. The number of hydrogen-bond donors (Lipinski definition) is 3. The number of aliphatic hydroxyl groups excluding tert-OH is 1. The predicted octanol–water partition coefficient (Wildman–Crippen LogP) is -1.67. The number of aromatic nitrogens is 2. The number of nitrogens with one attached hydrogen (secondary N) is 1. The Hall–Kier alpha value is -1.29. The smallest absolute Gasteiger partial charge is 0.225 e. The molecule has 9 heteroatoms. The van der Waals surface area contributed by atoms with E-state index in [1.165, 1.54) is 0 Å². The first-order valence-corrected chi connectivity index (χ1v) is 8.06. The van der Waals surface area contributed by atoms with Gasteiger partial charge >= 0.3 is 0 Å². The average molecular weight is 302 g/mol. The van der Waals surface area contributed by atoms with Gasteiger partial charge in [0.1, 0.15) is 11.7 Å². The van der Waals surface area contributed by atoms with Gasteiger partial charge in [0.2, 0.25) is 16.0 Å². The Morgan fingerprint density at radius 1 is 1.50 bits per heavy atom. The quantitative estimate of drug-likeness (QED) is 0.609. The Labute approximate surface area is 117 Å². The van der Waals surface area contributed by atoms with Crippen LogP contribution in [-0.2, 0) is 10.0 Å². The zero-order chi connectivity index (χ0) is 14.8.